The van der Waals surface area contributed by atoms with E-state index in [4.69, 9.17) is 9.72 Å². The van der Waals surface area contributed by atoms with Crippen LogP contribution >= 0.6 is 0 Å². The molecule has 41 heavy (non-hydrogen) atoms. The maximum atomic E-state index is 13.1. The molecule has 0 saturated carbocycles. The standard InChI is InChI=1S/C31H40N8O2/c1-20-9-11-23(35-29(40)22(3)26(41-8)12-10-21(2)31(4,5)6)17-24(20)36-28-27-25(33-19-34-28)18-32-30(37-27)39-15-13-38(7)14-16-39/h9-12,17-19H,3,13-16H2,1-2,4-8H3,(H,35,40)(H,33,34,36)/b21-10+,26-12+. The second kappa shape index (κ2) is 12.5. The van der Waals surface area contributed by atoms with Gasteiger partial charge in [0.05, 0.1) is 18.9 Å². The number of aryl methyl sites for hydroxylation is 1. The van der Waals surface area contributed by atoms with Crippen LogP contribution in [0.5, 0.6) is 0 Å². The number of nitrogens with zero attached hydrogens (tertiary/aromatic N) is 6. The van der Waals surface area contributed by atoms with Gasteiger partial charge in [0.25, 0.3) is 5.91 Å². The van der Waals surface area contributed by atoms with Crippen molar-refractivity contribution in [2.75, 3.05) is 55.9 Å². The lowest BCUT2D eigenvalue weighted by Gasteiger charge is -2.32. The highest BCUT2D eigenvalue weighted by atomic mass is 16.5. The zero-order valence-electron chi connectivity index (χ0n) is 25.1. The SMILES string of the molecule is C=C(C(=O)Nc1ccc(C)c(Nc2ncnc3cnc(N4CCN(C)CC4)nc23)c1)/C(=C\C=C(/C)C(C)(C)C)OC. The summed E-state index contributed by atoms with van der Waals surface area (Å²) in [7, 11) is 3.64. The third-order valence-electron chi connectivity index (χ3n) is 7.36. The van der Waals surface area contributed by atoms with E-state index in [-0.39, 0.29) is 16.9 Å². The average molecular weight is 557 g/mol. The number of carbonyl (C=O) groups is 1. The monoisotopic (exact) mass is 556 g/mol. The maximum absolute atomic E-state index is 13.1. The highest BCUT2D eigenvalue weighted by Gasteiger charge is 2.19. The number of allylic oxidation sites excluding steroid dienone is 3. The van der Waals surface area contributed by atoms with Crippen LogP contribution in [-0.2, 0) is 9.53 Å². The van der Waals surface area contributed by atoms with E-state index >= 15 is 0 Å². The van der Waals surface area contributed by atoms with Crippen molar-refractivity contribution in [3.8, 4) is 0 Å². The van der Waals surface area contributed by atoms with Crippen LogP contribution in [0.3, 0.4) is 0 Å². The van der Waals surface area contributed by atoms with Crippen LogP contribution in [0.25, 0.3) is 11.0 Å². The molecule has 0 aliphatic carbocycles. The molecule has 2 aromatic heterocycles. The van der Waals surface area contributed by atoms with Crippen molar-refractivity contribution in [3.63, 3.8) is 0 Å². The summed E-state index contributed by atoms with van der Waals surface area (Å²) in [5, 5.41) is 6.32. The fourth-order valence-electron chi connectivity index (χ4n) is 4.12. The fraction of sp³-hybridized carbons (Fsp3) is 0.387. The maximum Gasteiger partial charge on any atom is 0.258 e. The molecule has 0 unspecified atom stereocenters. The van der Waals surface area contributed by atoms with Gasteiger partial charge in [0.2, 0.25) is 5.95 Å². The molecule has 1 fully saturated rings. The van der Waals surface area contributed by atoms with E-state index in [9.17, 15) is 4.79 Å². The number of rotatable bonds is 8. The van der Waals surface area contributed by atoms with E-state index in [1.165, 1.54) is 13.4 Å². The van der Waals surface area contributed by atoms with Gasteiger partial charge in [0.15, 0.2) is 5.82 Å². The lowest BCUT2D eigenvalue weighted by Crippen LogP contribution is -2.45. The Labute approximate surface area is 242 Å². The van der Waals surface area contributed by atoms with Gasteiger partial charge in [-0.15, -0.1) is 0 Å². The van der Waals surface area contributed by atoms with Crippen LogP contribution in [0, 0.1) is 12.3 Å². The molecule has 10 heteroatoms. The number of nitrogens with one attached hydrogen (secondary N) is 2. The summed E-state index contributed by atoms with van der Waals surface area (Å²) in [5.41, 5.74) is 5.04. The van der Waals surface area contributed by atoms with Gasteiger partial charge in [0, 0.05) is 37.6 Å². The number of carbonyl (C=O) groups excluding carboxylic acids is 1. The minimum absolute atomic E-state index is 0.0113. The summed E-state index contributed by atoms with van der Waals surface area (Å²) in [6.45, 7) is 18.0. The smallest absolute Gasteiger partial charge is 0.258 e. The molecule has 1 aromatic carbocycles. The Bertz CT molecular complexity index is 1500. The van der Waals surface area contributed by atoms with E-state index in [0.717, 1.165) is 43.0 Å². The Morgan fingerprint density at radius 3 is 2.51 bits per heavy atom. The van der Waals surface area contributed by atoms with Crippen molar-refractivity contribution >= 4 is 40.1 Å². The van der Waals surface area contributed by atoms with Gasteiger partial charge in [-0.1, -0.05) is 45.1 Å². The molecule has 10 nitrogen and oxygen atoms in total. The van der Waals surface area contributed by atoms with Crippen molar-refractivity contribution < 1.29 is 9.53 Å². The number of ether oxygens (including phenoxy) is 1. The van der Waals surface area contributed by atoms with Gasteiger partial charge in [-0.3, -0.25) is 4.79 Å². The third-order valence-corrected chi connectivity index (χ3v) is 7.36. The molecule has 0 spiro atoms. The minimum Gasteiger partial charge on any atom is -0.496 e. The number of benzene rings is 1. The molecular weight excluding hydrogens is 516 g/mol. The molecule has 0 atom stereocenters. The van der Waals surface area contributed by atoms with Crippen LogP contribution < -0.4 is 15.5 Å². The number of fused-ring (bicyclic) bond motifs is 1. The summed E-state index contributed by atoms with van der Waals surface area (Å²) in [6, 6.07) is 5.63. The molecule has 1 aliphatic rings. The third kappa shape index (κ3) is 7.26. The van der Waals surface area contributed by atoms with Crippen LogP contribution in [-0.4, -0.2) is 71.1 Å². The number of methoxy groups -OCH3 is 1. The number of piperazine rings is 1. The minimum atomic E-state index is -0.355. The van der Waals surface area contributed by atoms with Gasteiger partial charge in [-0.2, -0.15) is 0 Å². The highest BCUT2D eigenvalue weighted by Crippen LogP contribution is 2.28. The number of likely N-dealkylation sites (N-methyl/N-ethyl adjacent to an activating group) is 1. The van der Waals surface area contributed by atoms with Crippen molar-refractivity contribution in [1.82, 2.24) is 24.8 Å². The normalized spacial score (nSPS) is 15.1. The first-order valence-electron chi connectivity index (χ1n) is 13.7. The fourth-order valence-corrected chi connectivity index (χ4v) is 4.12. The predicted octanol–water partition coefficient (Wildman–Crippen LogP) is 5.24. The van der Waals surface area contributed by atoms with E-state index < -0.39 is 0 Å². The number of amides is 1. The Kier molecular flexibility index (Phi) is 9.02. The molecule has 3 heterocycles. The van der Waals surface area contributed by atoms with Crippen LogP contribution in [0.15, 0.2) is 66.4 Å². The van der Waals surface area contributed by atoms with Crippen LogP contribution in [0.1, 0.15) is 33.3 Å². The average Bonchev–Trinajstić information content (AvgIpc) is 2.94. The second-order valence-corrected chi connectivity index (χ2v) is 11.3. The molecule has 4 rings (SSSR count). The highest BCUT2D eigenvalue weighted by molar-refractivity contribution is 6.06. The Morgan fingerprint density at radius 2 is 1.83 bits per heavy atom. The summed E-state index contributed by atoms with van der Waals surface area (Å²) >= 11 is 0. The Balaban J connectivity index is 1.54. The number of hydrogen-bond acceptors (Lipinski definition) is 9. The lowest BCUT2D eigenvalue weighted by atomic mass is 9.87. The Morgan fingerprint density at radius 1 is 1.10 bits per heavy atom. The Hall–Kier alpha value is -4.31. The van der Waals surface area contributed by atoms with Crippen molar-refractivity contribution in [3.05, 3.63) is 71.9 Å². The van der Waals surface area contributed by atoms with Gasteiger partial charge < -0.3 is 25.2 Å². The van der Waals surface area contributed by atoms with E-state index in [1.807, 2.05) is 38.1 Å². The zero-order valence-corrected chi connectivity index (χ0v) is 25.1. The van der Waals surface area contributed by atoms with Gasteiger partial charge in [0.1, 0.15) is 23.1 Å². The van der Waals surface area contributed by atoms with Crippen molar-refractivity contribution in [1.29, 1.82) is 0 Å². The van der Waals surface area contributed by atoms with Gasteiger partial charge in [-0.25, -0.2) is 19.9 Å². The quantitative estimate of drug-likeness (QED) is 0.219. The molecule has 0 radical (unpaired) electrons. The summed E-state index contributed by atoms with van der Waals surface area (Å²) < 4.78 is 5.47. The molecule has 3 aromatic rings. The van der Waals surface area contributed by atoms with Gasteiger partial charge >= 0.3 is 0 Å². The first-order valence-corrected chi connectivity index (χ1v) is 13.7. The number of aromatic nitrogens is 4. The zero-order chi connectivity index (χ0) is 29.7. The number of hydrogen-bond donors (Lipinski definition) is 2. The predicted molar refractivity (Wildman–Crippen MR) is 165 cm³/mol. The second-order valence-electron chi connectivity index (χ2n) is 11.3. The summed E-state index contributed by atoms with van der Waals surface area (Å²) in [5.74, 6) is 1.27. The molecule has 1 aliphatic heterocycles. The molecule has 1 saturated heterocycles. The van der Waals surface area contributed by atoms with Crippen molar-refractivity contribution in [2.24, 2.45) is 5.41 Å². The lowest BCUT2D eigenvalue weighted by molar-refractivity contribution is -0.112. The number of anilines is 4. The largest absolute Gasteiger partial charge is 0.496 e. The molecule has 216 valence electrons. The first-order chi connectivity index (χ1) is 19.5. The van der Waals surface area contributed by atoms with Gasteiger partial charge in [-0.05, 0) is 50.1 Å². The van der Waals surface area contributed by atoms with Crippen LogP contribution in [0.4, 0.5) is 23.1 Å². The molecular formula is C31H40N8O2. The van der Waals surface area contributed by atoms with E-state index in [1.54, 1.807) is 12.3 Å². The van der Waals surface area contributed by atoms with E-state index in [0.29, 0.717) is 34.2 Å². The molecule has 1 amide bonds. The van der Waals surface area contributed by atoms with Crippen LogP contribution in [0.2, 0.25) is 0 Å². The summed E-state index contributed by atoms with van der Waals surface area (Å²) in [6.07, 6.45) is 6.96. The topological polar surface area (TPSA) is 108 Å². The summed E-state index contributed by atoms with van der Waals surface area (Å²) in [4.78, 5) is 35.7. The van der Waals surface area contributed by atoms with Crippen molar-refractivity contribution in [2.45, 2.75) is 34.6 Å². The van der Waals surface area contributed by atoms with E-state index in [2.05, 4.69) is 69.8 Å². The first kappa shape index (κ1) is 29.7. The molecule has 0 bridgehead atoms. The molecule has 2 N–H and O–H groups in total.